The molecule has 0 aromatic heterocycles. The van der Waals surface area contributed by atoms with Crippen molar-refractivity contribution in [3.8, 4) is 6.07 Å². The number of halogens is 3. The molecule has 0 aromatic carbocycles. The van der Waals surface area contributed by atoms with E-state index >= 15 is 0 Å². The summed E-state index contributed by atoms with van der Waals surface area (Å²) in [5.41, 5.74) is -1.20. The number of hydrogen-bond donors (Lipinski definition) is 1. The summed E-state index contributed by atoms with van der Waals surface area (Å²) < 4.78 is 35.1. The molecule has 1 amide bonds. The highest BCUT2D eigenvalue weighted by Crippen LogP contribution is 2.20. The van der Waals surface area contributed by atoms with E-state index in [4.69, 9.17) is 5.26 Å². The number of rotatable bonds is 4. The number of hydrogen-bond acceptors (Lipinski definition) is 2. The fourth-order valence-electron chi connectivity index (χ4n) is 0.762. The highest BCUT2D eigenvalue weighted by atomic mass is 19.4. The maximum atomic E-state index is 11.7. The first kappa shape index (κ1) is 13.8. The summed E-state index contributed by atoms with van der Waals surface area (Å²) in [4.78, 5) is 11.2. The Labute approximate surface area is 86.3 Å². The van der Waals surface area contributed by atoms with Crippen LogP contribution in [0.5, 0.6) is 0 Å². The van der Waals surface area contributed by atoms with Crippen LogP contribution in [0.3, 0.4) is 0 Å². The molecule has 0 rings (SSSR count). The molecule has 0 atom stereocenters. The number of carbonyl (C=O) groups excluding carboxylic acids is 1. The van der Waals surface area contributed by atoms with Crippen molar-refractivity contribution in [2.24, 2.45) is 5.41 Å². The van der Waals surface area contributed by atoms with Gasteiger partial charge in [0, 0.05) is 13.0 Å². The van der Waals surface area contributed by atoms with Gasteiger partial charge in [0.15, 0.2) is 0 Å². The van der Waals surface area contributed by atoms with E-state index in [9.17, 15) is 18.0 Å². The number of carbonyl (C=O) groups is 1. The second-order valence-electron chi connectivity index (χ2n) is 3.71. The van der Waals surface area contributed by atoms with Crippen LogP contribution < -0.4 is 5.32 Å². The average molecular weight is 222 g/mol. The third-order valence-corrected chi connectivity index (χ3v) is 1.77. The molecule has 0 heterocycles. The predicted octanol–water partition coefficient (Wildman–Crippen LogP) is 1.99. The fraction of sp³-hybridized carbons (Fsp3) is 0.778. The molecule has 0 spiro atoms. The monoisotopic (exact) mass is 222 g/mol. The molecule has 6 heteroatoms. The largest absolute Gasteiger partial charge is 0.389 e. The Morgan fingerprint density at radius 2 is 1.93 bits per heavy atom. The third kappa shape index (κ3) is 5.94. The Morgan fingerprint density at radius 3 is 2.33 bits per heavy atom. The van der Waals surface area contributed by atoms with Crippen molar-refractivity contribution in [1.29, 1.82) is 5.26 Å². The quantitative estimate of drug-likeness (QED) is 0.739. The molecule has 0 aliphatic heterocycles. The first-order chi connectivity index (χ1) is 6.69. The maximum Gasteiger partial charge on any atom is 0.389 e. The van der Waals surface area contributed by atoms with Gasteiger partial charge in [-0.2, -0.15) is 18.4 Å². The summed E-state index contributed by atoms with van der Waals surface area (Å²) in [6, 6.07) is 1.76. The van der Waals surface area contributed by atoms with E-state index in [2.05, 4.69) is 5.32 Å². The Hall–Kier alpha value is -1.25. The van der Waals surface area contributed by atoms with E-state index < -0.39 is 23.9 Å². The zero-order valence-electron chi connectivity index (χ0n) is 8.61. The SMILES string of the molecule is CC(C)(C#N)C(=O)NCCCC(F)(F)F. The summed E-state index contributed by atoms with van der Waals surface area (Å²) >= 11 is 0. The minimum Gasteiger partial charge on any atom is -0.355 e. The predicted molar refractivity (Wildman–Crippen MR) is 47.7 cm³/mol. The van der Waals surface area contributed by atoms with Gasteiger partial charge in [0.25, 0.3) is 0 Å². The van der Waals surface area contributed by atoms with E-state index in [1.165, 1.54) is 13.8 Å². The van der Waals surface area contributed by atoms with E-state index in [0.29, 0.717) is 0 Å². The fourth-order valence-corrected chi connectivity index (χ4v) is 0.762. The lowest BCUT2D eigenvalue weighted by Gasteiger charge is -2.15. The topological polar surface area (TPSA) is 52.9 Å². The van der Waals surface area contributed by atoms with Crippen molar-refractivity contribution in [3.63, 3.8) is 0 Å². The number of alkyl halides is 3. The molecular formula is C9H13F3N2O. The molecule has 86 valence electrons. The van der Waals surface area contributed by atoms with E-state index in [1.54, 1.807) is 6.07 Å². The van der Waals surface area contributed by atoms with Crippen LogP contribution in [0.1, 0.15) is 26.7 Å². The Bertz CT molecular complexity index is 266. The molecule has 0 aliphatic rings. The van der Waals surface area contributed by atoms with Gasteiger partial charge in [0.1, 0.15) is 5.41 Å². The summed E-state index contributed by atoms with van der Waals surface area (Å²) in [5, 5.41) is 10.8. The smallest absolute Gasteiger partial charge is 0.355 e. The van der Waals surface area contributed by atoms with Crippen molar-refractivity contribution in [3.05, 3.63) is 0 Å². The van der Waals surface area contributed by atoms with E-state index in [1.807, 2.05) is 0 Å². The number of amides is 1. The van der Waals surface area contributed by atoms with Gasteiger partial charge in [-0.1, -0.05) is 0 Å². The molecule has 0 unspecified atom stereocenters. The average Bonchev–Trinajstić information content (AvgIpc) is 2.10. The van der Waals surface area contributed by atoms with Gasteiger partial charge in [-0.05, 0) is 20.3 Å². The summed E-state index contributed by atoms with van der Waals surface area (Å²) in [5.74, 6) is -0.549. The Morgan fingerprint density at radius 1 is 1.40 bits per heavy atom. The van der Waals surface area contributed by atoms with Gasteiger partial charge in [0.2, 0.25) is 5.91 Å². The van der Waals surface area contributed by atoms with Gasteiger partial charge in [-0.3, -0.25) is 4.79 Å². The van der Waals surface area contributed by atoms with E-state index in [0.717, 1.165) is 0 Å². The van der Waals surface area contributed by atoms with Gasteiger partial charge >= 0.3 is 6.18 Å². The first-order valence-corrected chi connectivity index (χ1v) is 4.45. The molecule has 0 fully saturated rings. The molecule has 0 aliphatic carbocycles. The van der Waals surface area contributed by atoms with Crippen LogP contribution >= 0.6 is 0 Å². The highest BCUT2D eigenvalue weighted by Gasteiger charge is 2.28. The number of nitriles is 1. The molecule has 0 saturated heterocycles. The van der Waals surface area contributed by atoms with Crippen LogP contribution in [-0.4, -0.2) is 18.6 Å². The van der Waals surface area contributed by atoms with Crippen LogP contribution in [0.25, 0.3) is 0 Å². The maximum absolute atomic E-state index is 11.7. The van der Waals surface area contributed by atoms with Crippen LogP contribution in [0.4, 0.5) is 13.2 Å². The van der Waals surface area contributed by atoms with Crippen LogP contribution in [-0.2, 0) is 4.79 Å². The number of nitrogens with one attached hydrogen (secondary N) is 1. The second-order valence-corrected chi connectivity index (χ2v) is 3.71. The van der Waals surface area contributed by atoms with Gasteiger partial charge in [0.05, 0.1) is 6.07 Å². The Kier molecular flexibility index (Phi) is 4.59. The second kappa shape index (κ2) is 5.01. The highest BCUT2D eigenvalue weighted by molar-refractivity contribution is 5.84. The summed E-state index contributed by atoms with van der Waals surface area (Å²) in [6.07, 6.45) is -5.30. The van der Waals surface area contributed by atoms with Crippen molar-refractivity contribution in [2.75, 3.05) is 6.54 Å². The molecule has 0 saturated carbocycles. The van der Waals surface area contributed by atoms with Crippen molar-refractivity contribution in [2.45, 2.75) is 32.9 Å². The van der Waals surface area contributed by atoms with Crippen molar-refractivity contribution < 1.29 is 18.0 Å². The normalized spacial score (nSPS) is 12.0. The number of nitrogens with zero attached hydrogens (tertiary/aromatic N) is 1. The van der Waals surface area contributed by atoms with Crippen LogP contribution in [0.2, 0.25) is 0 Å². The molecular weight excluding hydrogens is 209 g/mol. The standard InChI is InChI=1S/C9H13F3N2O/c1-8(2,6-13)7(15)14-5-3-4-9(10,11)12/h3-5H2,1-2H3,(H,14,15). The molecule has 3 nitrogen and oxygen atoms in total. The van der Waals surface area contributed by atoms with Gasteiger partial charge < -0.3 is 5.32 Å². The van der Waals surface area contributed by atoms with Crippen molar-refractivity contribution in [1.82, 2.24) is 5.32 Å². The minimum atomic E-state index is -4.20. The van der Waals surface area contributed by atoms with Gasteiger partial charge in [-0.15, -0.1) is 0 Å². The zero-order valence-corrected chi connectivity index (χ0v) is 8.61. The zero-order chi connectivity index (χ0) is 12.1. The third-order valence-electron chi connectivity index (χ3n) is 1.77. The first-order valence-electron chi connectivity index (χ1n) is 4.45. The molecule has 0 aromatic rings. The lowest BCUT2D eigenvalue weighted by molar-refractivity contribution is -0.136. The molecule has 0 bridgehead atoms. The van der Waals surface area contributed by atoms with Crippen molar-refractivity contribution >= 4 is 5.91 Å². The summed E-state index contributed by atoms with van der Waals surface area (Å²) in [7, 11) is 0. The van der Waals surface area contributed by atoms with Crippen LogP contribution in [0, 0.1) is 16.7 Å². The minimum absolute atomic E-state index is 0.0660. The van der Waals surface area contributed by atoms with Gasteiger partial charge in [-0.25, -0.2) is 0 Å². The summed E-state index contributed by atoms with van der Waals surface area (Å²) in [6.45, 7) is 2.75. The molecule has 15 heavy (non-hydrogen) atoms. The molecule has 0 radical (unpaired) electrons. The van der Waals surface area contributed by atoms with E-state index in [-0.39, 0.29) is 13.0 Å². The van der Waals surface area contributed by atoms with Crippen LogP contribution in [0.15, 0.2) is 0 Å². The Balaban J connectivity index is 3.81. The molecule has 1 N–H and O–H groups in total. The lowest BCUT2D eigenvalue weighted by atomic mass is 9.95. The lowest BCUT2D eigenvalue weighted by Crippen LogP contribution is -2.36.